The quantitative estimate of drug-likeness (QED) is 0.867. The number of halogens is 3. The number of anilines is 2. The predicted molar refractivity (Wildman–Crippen MR) is 61.2 cm³/mol. The summed E-state index contributed by atoms with van der Waals surface area (Å²) in [6, 6.07) is 1.86. The molecule has 0 saturated heterocycles. The molecule has 2 aromatic rings. The van der Waals surface area contributed by atoms with Crippen LogP contribution in [0.25, 0.3) is 5.65 Å². The van der Waals surface area contributed by atoms with Crippen molar-refractivity contribution in [3.05, 3.63) is 17.7 Å². The molecule has 2 heterocycles. The van der Waals surface area contributed by atoms with Gasteiger partial charge in [-0.05, 0) is 26.0 Å². The summed E-state index contributed by atoms with van der Waals surface area (Å²) >= 11 is 0. The summed E-state index contributed by atoms with van der Waals surface area (Å²) in [5.41, 5.74) is 4.67. The van der Waals surface area contributed by atoms with E-state index in [9.17, 15) is 13.2 Å². The van der Waals surface area contributed by atoms with Crippen LogP contribution >= 0.6 is 0 Å². The average Bonchev–Trinajstić information content (AvgIpc) is 2.56. The molecule has 8 heteroatoms. The Morgan fingerprint density at radius 2 is 2.00 bits per heavy atom. The molecule has 2 aromatic heterocycles. The van der Waals surface area contributed by atoms with Gasteiger partial charge in [-0.3, -0.25) is 0 Å². The first-order valence-electron chi connectivity index (χ1n) is 5.27. The van der Waals surface area contributed by atoms with Crippen molar-refractivity contribution in [2.75, 3.05) is 11.1 Å². The highest BCUT2D eigenvalue weighted by atomic mass is 19.4. The van der Waals surface area contributed by atoms with E-state index in [0.717, 1.165) is 12.1 Å². The lowest BCUT2D eigenvalue weighted by molar-refractivity contribution is -0.137. The Labute approximate surface area is 101 Å². The van der Waals surface area contributed by atoms with Crippen molar-refractivity contribution >= 4 is 17.4 Å². The topological polar surface area (TPSA) is 68.2 Å². The summed E-state index contributed by atoms with van der Waals surface area (Å²) in [6.07, 6.45) is -4.43. The van der Waals surface area contributed by atoms with Gasteiger partial charge < -0.3 is 11.1 Å². The van der Waals surface area contributed by atoms with E-state index in [0.29, 0.717) is 0 Å². The van der Waals surface area contributed by atoms with Crippen LogP contribution in [0.2, 0.25) is 0 Å². The van der Waals surface area contributed by atoms with Gasteiger partial charge in [-0.1, -0.05) is 0 Å². The van der Waals surface area contributed by atoms with Crippen molar-refractivity contribution in [2.45, 2.75) is 26.1 Å². The average molecular weight is 259 g/mol. The Balaban J connectivity index is 2.64. The molecule has 18 heavy (non-hydrogen) atoms. The summed E-state index contributed by atoms with van der Waals surface area (Å²) in [4.78, 5) is 3.74. The summed E-state index contributed by atoms with van der Waals surface area (Å²) in [5.74, 6) is 0.139. The second kappa shape index (κ2) is 4.04. The zero-order valence-electron chi connectivity index (χ0n) is 9.78. The van der Waals surface area contributed by atoms with Crippen LogP contribution in [0.15, 0.2) is 12.1 Å². The van der Waals surface area contributed by atoms with Gasteiger partial charge in [0.15, 0.2) is 5.65 Å². The molecule has 0 aliphatic rings. The van der Waals surface area contributed by atoms with Crippen LogP contribution < -0.4 is 11.1 Å². The number of nitrogens with zero attached hydrogens (tertiary/aromatic N) is 3. The van der Waals surface area contributed by atoms with Gasteiger partial charge in [0.2, 0.25) is 5.95 Å². The van der Waals surface area contributed by atoms with Crippen LogP contribution in [0.3, 0.4) is 0 Å². The van der Waals surface area contributed by atoms with Gasteiger partial charge in [0.1, 0.15) is 5.82 Å². The van der Waals surface area contributed by atoms with E-state index in [4.69, 9.17) is 5.73 Å². The standard InChI is InChI=1S/C10H12F3N5/c1-5(2)15-7-3-6(10(11,12)13)4-8-16-9(14)17-18(7)8/h3-5,15H,1-2H3,(H2,14,17). The number of nitrogen functional groups attached to an aromatic ring is 1. The van der Waals surface area contributed by atoms with Crippen LogP contribution in [-0.4, -0.2) is 20.6 Å². The fourth-order valence-electron chi connectivity index (χ4n) is 1.56. The molecule has 0 aliphatic carbocycles. The number of nitrogens with two attached hydrogens (primary N) is 1. The fourth-order valence-corrected chi connectivity index (χ4v) is 1.56. The summed E-state index contributed by atoms with van der Waals surface area (Å²) < 4.78 is 39.4. The summed E-state index contributed by atoms with van der Waals surface area (Å²) in [7, 11) is 0. The molecule has 0 bridgehead atoms. The molecule has 0 aliphatic heterocycles. The number of hydrogen-bond donors (Lipinski definition) is 2. The molecule has 0 amide bonds. The molecule has 98 valence electrons. The molecule has 3 N–H and O–H groups in total. The lowest BCUT2D eigenvalue weighted by Gasteiger charge is -2.14. The molecule has 0 saturated carbocycles. The number of aromatic nitrogens is 3. The molecule has 0 spiro atoms. The Morgan fingerprint density at radius 1 is 1.33 bits per heavy atom. The monoisotopic (exact) mass is 259 g/mol. The van der Waals surface area contributed by atoms with E-state index in [1.54, 1.807) is 0 Å². The molecule has 0 aromatic carbocycles. The number of nitrogens with one attached hydrogen (secondary N) is 1. The number of fused-ring (bicyclic) bond motifs is 1. The molecule has 0 radical (unpaired) electrons. The molecule has 5 nitrogen and oxygen atoms in total. The van der Waals surface area contributed by atoms with Crippen molar-refractivity contribution in [1.29, 1.82) is 0 Å². The first-order valence-corrected chi connectivity index (χ1v) is 5.27. The van der Waals surface area contributed by atoms with Gasteiger partial charge in [0.25, 0.3) is 0 Å². The highest BCUT2D eigenvalue weighted by Gasteiger charge is 2.32. The lowest BCUT2D eigenvalue weighted by atomic mass is 10.2. The van der Waals surface area contributed by atoms with Gasteiger partial charge in [0, 0.05) is 6.04 Å². The summed E-state index contributed by atoms with van der Waals surface area (Å²) in [6.45, 7) is 3.62. The molecule has 0 fully saturated rings. The SMILES string of the molecule is CC(C)Nc1cc(C(F)(F)F)cc2nc(N)nn12. The van der Waals surface area contributed by atoms with Crippen molar-refractivity contribution in [3.63, 3.8) is 0 Å². The third kappa shape index (κ3) is 2.31. The molecule has 0 atom stereocenters. The van der Waals surface area contributed by atoms with Crippen molar-refractivity contribution < 1.29 is 13.2 Å². The van der Waals surface area contributed by atoms with Crippen LogP contribution in [-0.2, 0) is 6.18 Å². The Bertz CT molecular complexity index is 573. The molecular weight excluding hydrogens is 247 g/mol. The highest BCUT2D eigenvalue weighted by molar-refractivity contribution is 5.55. The normalized spacial score (nSPS) is 12.3. The zero-order chi connectivity index (χ0) is 13.5. The van der Waals surface area contributed by atoms with Crippen LogP contribution in [0.4, 0.5) is 24.9 Å². The van der Waals surface area contributed by atoms with E-state index in [1.165, 1.54) is 4.52 Å². The first kappa shape index (κ1) is 12.5. The van der Waals surface area contributed by atoms with E-state index >= 15 is 0 Å². The Hall–Kier alpha value is -1.99. The minimum atomic E-state index is -4.43. The third-order valence-corrected chi connectivity index (χ3v) is 2.22. The van der Waals surface area contributed by atoms with Gasteiger partial charge in [0.05, 0.1) is 5.56 Å². The molecule has 2 rings (SSSR count). The van der Waals surface area contributed by atoms with Gasteiger partial charge in [-0.2, -0.15) is 22.7 Å². The maximum atomic E-state index is 12.7. The minimum absolute atomic E-state index is 0.0397. The second-order valence-electron chi connectivity index (χ2n) is 4.17. The van der Waals surface area contributed by atoms with Crippen LogP contribution in [0, 0.1) is 0 Å². The predicted octanol–water partition coefficient (Wildman–Crippen LogP) is 2.15. The third-order valence-electron chi connectivity index (χ3n) is 2.22. The number of hydrogen-bond acceptors (Lipinski definition) is 4. The maximum Gasteiger partial charge on any atom is 0.416 e. The largest absolute Gasteiger partial charge is 0.416 e. The number of alkyl halides is 3. The van der Waals surface area contributed by atoms with E-state index in [2.05, 4.69) is 15.4 Å². The minimum Gasteiger partial charge on any atom is -0.368 e. The molecule has 0 unspecified atom stereocenters. The lowest BCUT2D eigenvalue weighted by Crippen LogP contribution is -2.15. The van der Waals surface area contributed by atoms with Gasteiger partial charge in [-0.25, -0.2) is 0 Å². The second-order valence-corrected chi connectivity index (χ2v) is 4.17. The molecular formula is C10H12F3N5. The van der Waals surface area contributed by atoms with Crippen molar-refractivity contribution in [1.82, 2.24) is 14.6 Å². The number of pyridine rings is 1. The van der Waals surface area contributed by atoms with Crippen LogP contribution in [0.1, 0.15) is 19.4 Å². The van der Waals surface area contributed by atoms with Gasteiger partial charge >= 0.3 is 6.18 Å². The fraction of sp³-hybridized carbons (Fsp3) is 0.400. The van der Waals surface area contributed by atoms with Crippen molar-refractivity contribution in [2.24, 2.45) is 0 Å². The van der Waals surface area contributed by atoms with Crippen molar-refractivity contribution in [3.8, 4) is 0 Å². The zero-order valence-corrected chi connectivity index (χ0v) is 9.78. The Kier molecular flexibility index (Phi) is 2.80. The Morgan fingerprint density at radius 3 is 2.56 bits per heavy atom. The smallest absolute Gasteiger partial charge is 0.368 e. The first-order chi connectivity index (χ1) is 8.27. The number of rotatable bonds is 2. The van der Waals surface area contributed by atoms with E-state index in [-0.39, 0.29) is 23.5 Å². The summed E-state index contributed by atoms with van der Waals surface area (Å²) in [5, 5.41) is 6.72. The van der Waals surface area contributed by atoms with Gasteiger partial charge in [-0.15, -0.1) is 5.10 Å². The highest BCUT2D eigenvalue weighted by Crippen LogP contribution is 2.32. The van der Waals surface area contributed by atoms with E-state index in [1.807, 2.05) is 13.8 Å². The van der Waals surface area contributed by atoms with Crippen LogP contribution in [0.5, 0.6) is 0 Å². The van der Waals surface area contributed by atoms with E-state index < -0.39 is 11.7 Å². The maximum absolute atomic E-state index is 12.7.